The molecular formula is C13H24N2S3. The van der Waals surface area contributed by atoms with Gasteiger partial charge in [0.2, 0.25) is 0 Å². The van der Waals surface area contributed by atoms with E-state index in [-0.39, 0.29) is 0 Å². The van der Waals surface area contributed by atoms with Crippen molar-refractivity contribution in [1.82, 2.24) is 9.44 Å². The molecule has 2 aliphatic carbocycles. The van der Waals surface area contributed by atoms with Crippen LogP contribution >= 0.6 is 36.1 Å². The molecule has 2 saturated carbocycles. The molecule has 0 aliphatic heterocycles. The van der Waals surface area contributed by atoms with Gasteiger partial charge in [-0.05, 0) is 49.6 Å². The molecule has 0 bridgehead atoms. The van der Waals surface area contributed by atoms with Crippen LogP contribution < -0.4 is 9.44 Å². The van der Waals surface area contributed by atoms with Crippen molar-refractivity contribution in [2.75, 3.05) is 0 Å². The molecule has 2 fully saturated rings. The Morgan fingerprint density at radius 2 is 1.11 bits per heavy atom. The van der Waals surface area contributed by atoms with Crippen LogP contribution in [0.15, 0.2) is 0 Å². The molecule has 18 heavy (non-hydrogen) atoms. The topological polar surface area (TPSA) is 24.1 Å². The quantitative estimate of drug-likeness (QED) is 0.592. The van der Waals surface area contributed by atoms with Crippen molar-refractivity contribution < 1.29 is 0 Å². The molecule has 104 valence electrons. The molecule has 0 amide bonds. The first-order valence-electron chi connectivity index (χ1n) is 7.23. The highest BCUT2D eigenvalue weighted by Crippen LogP contribution is 2.23. The van der Waals surface area contributed by atoms with Crippen molar-refractivity contribution >= 4 is 39.6 Å². The molecule has 0 heterocycles. The van der Waals surface area contributed by atoms with Gasteiger partial charge in [-0.2, -0.15) is 0 Å². The third-order valence-corrected chi connectivity index (χ3v) is 6.06. The summed E-state index contributed by atoms with van der Waals surface area (Å²) in [7, 11) is 0. The lowest BCUT2D eigenvalue weighted by molar-refractivity contribution is 0.424. The first kappa shape index (κ1) is 15.1. The normalized spacial score (nSPS) is 23.1. The predicted molar refractivity (Wildman–Crippen MR) is 87.8 cm³/mol. The number of thiocarbonyl (C=S) groups is 1. The fourth-order valence-electron chi connectivity index (χ4n) is 2.72. The van der Waals surface area contributed by atoms with Crippen LogP contribution in [0.5, 0.6) is 0 Å². The fraction of sp³-hybridized carbons (Fsp3) is 0.923. The lowest BCUT2D eigenvalue weighted by Crippen LogP contribution is -2.28. The van der Waals surface area contributed by atoms with Crippen LogP contribution in [0.1, 0.15) is 64.2 Å². The van der Waals surface area contributed by atoms with E-state index in [1.54, 1.807) is 23.9 Å². The maximum Gasteiger partial charge on any atom is 0.134 e. The second-order valence-electron chi connectivity index (χ2n) is 5.36. The van der Waals surface area contributed by atoms with Gasteiger partial charge < -0.3 is 0 Å². The molecule has 2 rings (SSSR count). The molecule has 0 aromatic rings. The molecule has 0 radical (unpaired) electrons. The van der Waals surface area contributed by atoms with Crippen LogP contribution in [0.4, 0.5) is 0 Å². The van der Waals surface area contributed by atoms with Gasteiger partial charge in [0.15, 0.2) is 0 Å². The van der Waals surface area contributed by atoms with E-state index in [1.165, 1.54) is 64.2 Å². The Morgan fingerprint density at radius 3 is 1.50 bits per heavy atom. The Morgan fingerprint density at radius 1 is 0.722 bits per heavy atom. The first-order valence-corrected chi connectivity index (χ1v) is 9.27. The van der Waals surface area contributed by atoms with Crippen molar-refractivity contribution in [2.45, 2.75) is 76.3 Å². The summed E-state index contributed by atoms with van der Waals surface area (Å²) >= 11 is 8.70. The summed E-state index contributed by atoms with van der Waals surface area (Å²) < 4.78 is 8.04. The maximum absolute atomic E-state index is 5.39. The molecule has 0 unspecified atom stereocenters. The van der Waals surface area contributed by atoms with Crippen molar-refractivity contribution in [3.05, 3.63) is 0 Å². The van der Waals surface area contributed by atoms with E-state index in [9.17, 15) is 0 Å². The summed E-state index contributed by atoms with van der Waals surface area (Å²) in [5.41, 5.74) is 0. The van der Waals surface area contributed by atoms with E-state index < -0.39 is 0 Å². The highest BCUT2D eigenvalue weighted by Gasteiger charge is 2.16. The second-order valence-corrected chi connectivity index (χ2v) is 8.24. The monoisotopic (exact) mass is 304 g/mol. The Labute approximate surface area is 125 Å². The van der Waals surface area contributed by atoms with E-state index in [1.807, 2.05) is 0 Å². The summed E-state index contributed by atoms with van der Waals surface area (Å²) in [6, 6.07) is 1.36. The summed E-state index contributed by atoms with van der Waals surface area (Å²) in [4.78, 5) is 0. The molecule has 2 nitrogen and oxygen atoms in total. The Hall–Kier alpha value is 0.710. The highest BCUT2D eigenvalue weighted by molar-refractivity contribution is 8.46. The van der Waals surface area contributed by atoms with Gasteiger partial charge in [0.05, 0.1) is 0 Å². The minimum atomic E-state index is 0.678. The molecule has 5 heteroatoms. The summed E-state index contributed by atoms with van der Waals surface area (Å²) in [6.07, 6.45) is 13.6. The average Bonchev–Trinajstić information content (AvgIpc) is 2.45. The van der Waals surface area contributed by atoms with Gasteiger partial charge in [0.25, 0.3) is 0 Å². The standard InChI is InChI=1S/C13H24N2S3/c16-13(17-14-11-7-3-1-4-8-11)18-15-12-9-5-2-6-10-12/h11-12,14-15H,1-10H2. The van der Waals surface area contributed by atoms with Crippen molar-refractivity contribution in [1.29, 1.82) is 0 Å². The summed E-state index contributed by atoms with van der Waals surface area (Å²) in [5, 5.41) is 0. The lowest BCUT2D eigenvalue weighted by atomic mass is 9.96. The van der Waals surface area contributed by atoms with Gasteiger partial charge in [0, 0.05) is 12.1 Å². The van der Waals surface area contributed by atoms with Crippen LogP contribution in [-0.2, 0) is 0 Å². The van der Waals surface area contributed by atoms with Crippen LogP contribution in [0, 0.1) is 0 Å². The van der Waals surface area contributed by atoms with Crippen molar-refractivity contribution in [3.63, 3.8) is 0 Å². The van der Waals surface area contributed by atoms with Crippen LogP contribution in [0.3, 0.4) is 0 Å². The van der Waals surface area contributed by atoms with Crippen LogP contribution in [0.25, 0.3) is 0 Å². The van der Waals surface area contributed by atoms with Gasteiger partial charge in [-0.1, -0.05) is 50.7 Å². The second kappa shape index (κ2) is 8.80. The number of rotatable bonds is 4. The highest BCUT2D eigenvalue weighted by atomic mass is 32.2. The van der Waals surface area contributed by atoms with E-state index in [0.29, 0.717) is 12.1 Å². The predicted octanol–water partition coefficient (Wildman–Crippen LogP) is 4.41. The third-order valence-electron chi connectivity index (χ3n) is 3.83. The molecular weight excluding hydrogens is 280 g/mol. The number of nitrogens with one attached hydrogen (secondary N) is 2. The zero-order chi connectivity index (χ0) is 12.6. The van der Waals surface area contributed by atoms with E-state index >= 15 is 0 Å². The first-order chi connectivity index (χ1) is 8.84. The molecule has 0 aromatic carbocycles. The van der Waals surface area contributed by atoms with Crippen molar-refractivity contribution in [3.8, 4) is 0 Å². The zero-order valence-electron chi connectivity index (χ0n) is 11.0. The van der Waals surface area contributed by atoms with Crippen LogP contribution in [0.2, 0.25) is 0 Å². The van der Waals surface area contributed by atoms with Gasteiger partial charge >= 0.3 is 0 Å². The Kier molecular flexibility index (Phi) is 7.38. The smallest absolute Gasteiger partial charge is 0.134 e. The van der Waals surface area contributed by atoms with E-state index in [2.05, 4.69) is 9.44 Å². The number of hydrogen-bond donors (Lipinski definition) is 2. The maximum atomic E-state index is 5.39. The van der Waals surface area contributed by atoms with E-state index in [4.69, 9.17) is 12.2 Å². The summed E-state index contributed by atoms with van der Waals surface area (Å²) in [6.45, 7) is 0. The molecule has 0 aromatic heterocycles. The average molecular weight is 305 g/mol. The molecule has 0 atom stereocenters. The van der Waals surface area contributed by atoms with Gasteiger partial charge in [-0.25, -0.2) is 0 Å². The molecule has 2 aliphatic rings. The number of hydrogen-bond acceptors (Lipinski definition) is 5. The molecule has 0 saturated heterocycles. The lowest BCUT2D eigenvalue weighted by Gasteiger charge is -2.23. The van der Waals surface area contributed by atoms with Crippen molar-refractivity contribution in [2.24, 2.45) is 0 Å². The summed E-state index contributed by atoms with van der Waals surface area (Å²) in [5.74, 6) is 0. The molecule has 2 N–H and O–H groups in total. The molecule has 0 spiro atoms. The zero-order valence-corrected chi connectivity index (χ0v) is 13.4. The van der Waals surface area contributed by atoms with Crippen LogP contribution in [-0.4, -0.2) is 15.6 Å². The fourth-order valence-corrected chi connectivity index (χ4v) is 4.47. The third kappa shape index (κ3) is 5.78. The van der Waals surface area contributed by atoms with Gasteiger partial charge in [-0.3, -0.25) is 9.44 Å². The SMILES string of the molecule is S=C(SNC1CCCCC1)SNC1CCCCC1. The Balaban J connectivity index is 1.54. The minimum absolute atomic E-state index is 0.678. The van der Waals surface area contributed by atoms with Gasteiger partial charge in [-0.15, -0.1) is 0 Å². The Bertz CT molecular complexity index is 225. The minimum Gasteiger partial charge on any atom is -0.256 e. The van der Waals surface area contributed by atoms with Gasteiger partial charge in [0.1, 0.15) is 3.53 Å². The van der Waals surface area contributed by atoms with E-state index in [0.717, 1.165) is 3.53 Å². The largest absolute Gasteiger partial charge is 0.256 e.